The molecule has 1 aromatic heterocycles. The Labute approximate surface area is 122 Å². The predicted octanol–water partition coefficient (Wildman–Crippen LogP) is 3.58. The number of alkyl halides is 6. The third kappa shape index (κ3) is 2.46. The largest absolute Gasteiger partial charge is 0.404 e. The van der Waals surface area contributed by atoms with E-state index in [1.54, 1.807) is 13.0 Å². The third-order valence-electron chi connectivity index (χ3n) is 3.83. The number of aryl methyl sites for hydroxylation is 1. The molecule has 0 atom stereocenters. The second kappa shape index (κ2) is 5.04. The molecule has 0 aromatic carbocycles. The van der Waals surface area contributed by atoms with Crippen LogP contribution in [0.1, 0.15) is 17.7 Å². The number of pyridine rings is 1. The summed E-state index contributed by atoms with van der Waals surface area (Å²) < 4.78 is 78.2. The summed E-state index contributed by atoms with van der Waals surface area (Å²) >= 11 is 0. The Morgan fingerprint density at radius 1 is 1.23 bits per heavy atom. The van der Waals surface area contributed by atoms with Crippen LogP contribution in [0.25, 0.3) is 0 Å². The molecule has 22 heavy (non-hydrogen) atoms. The standard InChI is InChI=1S/C13H11F6N3/c1-8-4-10(9(5-20)6-21-8)22-3-2-11(7-22,12(14,15)16)13(17,18)19/h4,6H,2-3,7H2,1H3. The monoisotopic (exact) mass is 323 g/mol. The lowest BCUT2D eigenvalue weighted by Gasteiger charge is -2.33. The zero-order valence-electron chi connectivity index (χ0n) is 11.4. The molecular formula is C13H11F6N3. The zero-order chi connectivity index (χ0) is 16.8. The number of rotatable bonds is 1. The molecule has 2 heterocycles. The number of anilines is 1. The first-order chi connectivity index (χ1) is 10.0. The van der Waals surface area contributed by atoms with Crippen LogP contribution in [0, 0.1) is 23.7 Å². The lowest BCUT2D eigenvalue weighted by atomic mass is 9.85. The number of halogens is 6. The van der Waals surface area contributed by atoms with Gasteiger partial charge in [-0.2, -0.15) is 31.6 Å². The summed E-state index contributed by atoms with van der Waals surface area (Å²) in [5, 5.41) is 8.96. The first-order valence-corrected chi connectivity index (χ1v) is 6.27. The van der Waals surface area contributed by atoms with Crippen LogP contribution in [0.3, 0.4) is 0 Å². The first-order valence-electron chi connectivity index (χ1n) is 6.27. The van der Waals surface area contributed by atoms with Crippen LogP contribution in [-0.4, -0.2) is 30.4 Å². The number of hydrogen-bond acceptors (Lipinski definition) is 3. The van der Waals surface area contributed by atoms with Crippen molar-refractivity contribution in [3.63, 3.8) is 0 Å². The Kier molecular flexibility index (Phi) is 3.75. The fourth-order valence-electron chi connectivity index (χ4n) is 2.53. The van der Waals surface area contributed by atoms with E-state index in [9.17, 15) is 26.3 Å². The van der Waals surface area contributed by atoms with Gasteiger partial charge in [0.05, 0.1) is 11.3 Å². The van der Waals surface area contributed by atoms with E-state index < -0.39 is 37.3 Å². The molecule has 9 heteroatoms. The van der Waals surface area contributed by atoms with Gasteiger partial charge in [-0.15, -0.1) is 0 Å². The van der Waals surface area contributed by atoms with Crippen molar-refractivity contribution in [2.24, 2.45) is 5.41 Å². The minimum Gasteiger partial charge on any atom is -0.369 e. The van der Waals surface area contributed by atoms with E-state index in [1.807, 2.05) is 0 Å². The normalized spacial score (nSPS) is 18.4. The molecular weight excluding hydrogens is 312 g/mol. The van der Waals surface area contributed by atoms with Gasteiger partial charge in [-0.3, -0.25) is 4.98 Å². The molecule has 0 unspecified atom stereocenters. The molecule has 1 saturated heterocycles. The van der Waals surface area contributed by atoms with Crippen molar-refractivity contribution in [3.05, 3.63) is 23.5 Å². The van der Waals surface area contributed by atoms with E-state index in [-0.39, 0.29) is 11.3 Å². The maximum atomic E-state index is 13.0. The SMILES string of the molecule is Cc1cc(N2CCC(C(F)(F)F)(C(F)(F)F)C2)c(C#N)cn1. The Balaban J connectivity index is 2.44. The van der Waals surface area contributed by atoms with Crippen LogP contribution in [-0.2, 0) is 0 Å². The second-order valence-electron chi connectivity index (χ2n) is 5.20. The van der Waals surface area contributed by atoms with Gasteiger partial charge in [0.2, 0.25) is 0 Å². The highest BCUT2D eigenvalue weighted by atomic mass is 19.4. The molecule has 0 radical (unpaired) electrons. The molecule has 1 aromatic rings. The van der Waals surface area contributed by atoms with E-state index in [0.717, 1.165) is 11.1 Å². The average Bonchev–Trinajstić information content (AvgIpc) is 2.84. The van der Waals surface area contributed by atoms with Crippen LogP contribution < -0.4 is 4.90 Å². The highest BCUT2D eigenvalue weighted by Crippen LogP contribution is 2.56. The molecule has 0 aliphatic carbocycles. The summed E-state index contributed by atoms with van der Waals surface area (Å²) in [6.07, 6.45) is -10.8. The maximum Gasteiger partial charge on any atom is 0.404 e. The Morgan fingerprint density at radius 2 is 1.82 bits per heavy atom. The van der Waals surface area contributed by atoms with Gasteiger partial charge < -0.3 is 4.90 Å². The van der Waals surface area contributed by atoms with Gasteiger partial charge in [0.15, 0.2) is 5.41 Å². The molecule has 1 fully saturated rings. The molecule has 0 saturated carbocycles. The minimum absolute atomic E-state index is 0.0466. The summed E-state index contributed by atoms with van der Waals surface area (Å²) in [5.41, 5.74) is -3.37. The minimum atomic E-state index is -5.41. The van der Waals surface area contributed by atoms with Crippen LogP contribution in [0.15, 0.2) is 12.3 Å². The fourth-order valence-corrected chi connectivity index (χ4v) is 2.53. The molecule has 120 valence electrons. The van der Waals surface area contributed by atoms with Crippen LogP contribution in [0.2, 0.25) is 0 Å². The van der Waals surface area contributed by atoms with Crippen molar-refractivity contribution < 1.29 is 26.3 Å². The average molecular weight is 323 g/mol. The summed E-state index contributed by atoms with van der Waals surface area (Å²) in [6, 6.07) is 3.06. The van der Waals surface area contributed by atoms with E-state index in [0.29, 0.717) is 5.69 Å². The molecule has 0 spiro atoms. The lowest BCUT2D eigenvalue weighted by molar-refractivity contribution is -0.332. The molecule has 0 bridgehead atoms. The van der Waals surface area contributed by atoms with Gasteiger partial charge in [-0.1, -0.05) is 0 Å². The van der Waals surface area contributed by atoms with Gasteiger partial charge in [-0.25, -0.2) is 0 Å². The maximum absolute atomic E-state index is 13.0. The second-order valence-corrected chi connectivity index (χ2v) is 5.20. The van der Waals surface area contributed by atoms with E-state index in [2.05, 4.69) is 4.98 Å². The highest BCUT2D eigenvalue weighted by molar-refractivity contribution is 5.60. The van der Waals surface area contributed by atoms with Crippen molar-refractivity contribution in [2.45, 2.75) is 25.7 Å². The van der Waals surface area contributed by atoms with Crippen molar-refractivity contribution in [3.8, 4) is 6.07 Å². The number of aromatic nitrogens is 1. The van der Waals surface area contributed by atoms with Crippen LogP contribution in [0.4, 0.5) is 32.0 Å². The molecule has 1 aliphatic heterocycles. The molecule has 2 rings (SSSR count). The Morgan fingerprint density at radius 3 is 2.27 bits per heavy atom. The van der Waals surface area contributed by atoms with Gasteiger partial charge in [0, 0.05) is 25.0 Å². The van der Waals surface area contributed by atoms with Gasteiger partial charge in [-0.05, 0) is 19.4 Å². The highest BCUT2D eigenvalue weighted by Gasteiger charge is 2.72. The van der Waals surface area contributed by atoms with Crippen molar-refractivity contribution >= 4 is 5.69 Å². The summed E-state index contributed by atoms with van der Waals surface area (Å²) in [4.78, 5) is 4.77. The topological polar surface area (TPSA) is 39.9 Å². The molecule has 0 N–H and O–H groups in total. The predicted molar refractivity (Wildman–Crippen MR) is 65.1 cm³/mol. The molecule has 3 nitrogen and oxygen atoms in total. The van der Waals surface area contributed by atoms with Gasteiger partial charge in [0.25, 0.3) is 0 Å². The summed E-state index contributed by atoms with van der Waals surface area (Å²) in [6.45, 7) is -0.142. The van der Waals surface area contributed by atoms with Crippen molar-refractivity contribution in [1.82, 2.24) is 4.98 Å². The summed E-state index contributed by atoms with van der Waals surface area (Å²) in [7, 11) is 0. The zero-order valence-corrected chi connectivity index (χ0v) is 11.4. The number of hydrogen-bond donors (Lipinski definition) is 0. The smallest absolute Gasteiger partial charge is 0.369 e. The molecule has 0 amide bonds. The van der Waals surface area contributed by atoms with Gasteiger partial charge in [0.1, 0.15) is 6.07 Å². The molecule has 1 aliphatic rings. The number of nitrogens with zero attached hydrogens (tertiary/aromatic N) is 3. The van der Waals surface area contributed by atoms with Crippen molar-refractivity contribution in [2.75, 3.05) is 18.0 Å². The van der Waals surface area contributed by atoms with Crippen LogP contribution >= 0.6 is 0 Å². The van der Waals surface area contributed by atoms with E-state index >= 15 is 0 Å². The lowest BCUT2D eigenvalue weighted by Crippen LogP contribution is -2.51. The van der Waals surface area contributed by atoms with Crippen LogP contribution in [0.5, 0.6) is 0 Å². The van der Waals surface area contributed by atoms with Crippen molar-refractivity contribution in [1.29, 1.82) is 5.26 Å². The fraction of sp³-hybridized carbons (Fsp3) is 0.538. The van der Waals surface area contributed by atoms with E-state index in [4.69, 9.17) is 5.26 Å². The first kappa shape index (κ1) is 16.4. The number of nitriles is 1. The summed E-state index contributed by atoms with van der Waals surface area (Å²) in [5.74, 6) is 0. The third-order valence-corrected chi connectivity index (χ3v) is 3.83. The van der Waals surface area contributed by atoms with E-state index in [1.165, 1.54) is 6.07 Å². The van der Waals surface area contributed by atoms with Gasteiger partial charge >= 0.3 is 12.4 Å². The Bertz CT molecular complexity index is 600. The Hall–Kier alpha value is -1.98. The quantitative estimate of drug-likeness (QED) is 0.742.